The van der Waals surface area contributed by atoms with Crippen LogP contribution in [0.4, 0.5) is 0 Å². The van der Waals surface area contributed by atoms with Crippen molar-refractivity contribution in [2.45, 2.75) is 12.8 Å². The predicted molar refractivity (Wildman–Crippen MR) is 118 cm³/mol. The molecule has 156 valence electrons. The molecule has 2 aromatic carbocycles. The number of hydrogen-bond donors (Lipinski definition) is 3. The second-order valence-corrected chi connectivity index (χ2v) is 7.80. The van der Waals surface area contributed by atoms with Gasteiger partial charge in [-0.1, -0.05) is 48.5 Å². The van der Waals surface area contributed by atoms with Crippen LogP contribution >= 0.6 is 0 Å². The topological polar surface area (TPSA) is 116 Å². The molecule has 0 unspecified atom stereocenters. The third kappa shape index (κ3) is 2.77. The van der Waals surface area contributed by atoms with E-state index in [-0.39, 0.29) is 11.3 Å². The van der Waals surface area contributed by atoms with Gasteiger partial charge in [0.2, 0.25) is 5.65 Å². The van der Waals surface area contributed by atoms with Crippen molar-refractivity contribution in [3.63, 3.8) is 0 Å². The lowest BCUT2D eigenvalue weighted by atomic mass is 10.00. The minimum Gasteiger partial charge on any atom is -0.476 e. The van der Waals surface area contributed by atoms with Gasteiger partial charge in [-0.3, -0.25) is 9.20 Å². The van der Waals surface area contributed by atoms with Gasteiger partial charge < -0.3 is 15.1 Å². The minimum atomic E-state index is -1.16. The number of carboxylic acid groups (broad SMARTS) is 1. The van der Waals surface area contributed by atoms with Crippen LogP contribution < -0.4 is 5.56 Å². The van der Waals surface area contributed by atoms with Crippen molar-refractivity contribution in [2.75, 3.05) is 0 Å². The van der Waals surface area contributed by atoms with Crippen molar-refractivity contribution in [1.29, 1.82) is 0 Å². The lowest BCUT2D eigenvalue weighted by molar-refractivity contribution is 0.0691. The quantitative estimate of drug-likeness (QED) is 0.402. The van der Waals surface area contributed by atoms with Gasteiger partial charge in [0, 0.05) is 36.4 Å². The van der Waals surface area contributed by atoms with Crippen molar-refractivity contribution >= 4 is 11.6 Å². The summed E-state index contributed by atoms with van der Waals surface area (Å²) in [5.74, 6) is -0.312. The predicted octanol–water partition coefficient (Wildman–Crippen LogP) is 3.27. The van der Waals surface area contributed by atoms with Crippen LogP contribution in [0.15, 0.2) is 65.7 Å². The second-order valence-electron chi connectivity index (χ2n) is 7.80. The molecule has 1 aliphatic rings. The Kier molecular flexibility index (Phi) is 3.88. The Balaban J connectivity index is 1.40. The molecular formula is C24H17N5O3. The van der Waals surface area contributed by atoms with E-state index in [1.165, 1.54) is 6.20 Å². The van der Waals surface area contributed by atoms with Gasteiger partial charge in [-0.05, 0) is 11.1 Å². The molecule has 0 saturated carbocycles. The maximum atomic E-state index is 12.6. The molecule has 0 bridgehead atoms. The molecule has 8 heteroatoms. The maximum Gasteiger partial charge on any atom is 0.356 e. The highest BCUT2D eigenvalue weighted by molar-refractivity contribution is 5.86. The molecule has 0 amide bonds. The van der Waals surface area contributed by atoms with Gasteiger partial charge in [-0.2, -0.15) is 0 Å². The summed E-state index contributed by atoms with van der Waals surface area (Å²) in [6, 6.07) is 16.0. The number of imidazole rings is 2. The summed E-state index contributed by atoms with van der Waals surface area (Å²) in [7, 11) is 0. The summed E-state index contributed by atoms with van der Waals surface area (Å²) in [6.45, 7) is 0. The average molecular weight is 423 g/mol. The number of hydrogen-bond acceptors (Lipinski definition) is 4. The van der Waals surface area contributed by atoms with Crippen LogP contribution in [0.1, 0.15) is 33.1 Å². The normalized spacial score (nSPS) is 12.1. The van der Waals surface area contributed by atoms with E-state index in [0.29, 0.717) is 18.5 Å². The molecule has 0 saturated heterocycles. The number of carboxylic acids is 1. The van der Waals surface area contributed by atoms with Crippen molar-refractivity contribution in [3.8, 4) is 22.5 Å². The first-order valence-corrected chi connectivity index (χ1v) is 10.2. The van der Waals surface area contributed by atoms with E-state index in [4.69, 9.17) is 4.98 Å². The van der Waals surface area contributed by atoms with E-state index < -0.39 is 11.5 Å². The van der Waals surface area contributed by atoms with Crippen molar-refractivity contribution in [2.24, 2.45) is 0 Å². The number of nitrogens with zero attached hydrogens (tertiary/aromatic N) is 3. The van der Waals surface area contributed by atoms with Crippen LogP contribution in [0, 0.1) is 0 Å². The van der Waals surface area contributed by atoms with Crippen LogP contribution in [0.5, 0.6) is 0 Å². The first kappa shape index (κ1) is 18.3. The number of fused-ring (bicyclic) bond motifs is 5. The van der Waals surface area contributed by atoms with Gasteiger partial charge in [-0.25, -0.2) is 14.8 Å². The molecular weight excluding hydrogens is 406 g/mol. The number of nitrogens with one attached hydrogen (secondary N) is 2. The zero-order valence-electron chi connectivity index (χ0n) is 16.8. The summed E-state index contributed by atoms with van der Waals surface area (Å²) < 4.78 is 1.60. The fraction of sp³-hybridized carbons (Fsp3) is 0.0833. The third-order valence-corrected chi connectivity index (χ3v) is 5.89. The minimum absolute atomic E-state index is 0.0917. The van der Waals surface area contributed by atoms with E-state index in [1.807, 2.05) is 48.7 Å². The summed E-state index contributed by atoms with van der Waals surface area (Å²) >= 11 is 0. The van der Waals surface area contributed by atoms with Gasteiger partial charge in [0.15, 0.2) is 5.69 Å². The van der Waals surface area contributed by atoms with Gasteiger partial charge in [-0.15, -0.1) is 0 Å². The molecule has 0 spiro atoms. The number of aromatic carboxylic acids is 1. The summed E-state index contributed by atoms with van der Waals surface area (Å²) in [4.78, 5) is 38.8. The SMILES string of the molecule is O=C(O)c1cn2c3c([nH]c(=O)c2n1)-c1cccc(Cc2nc(-c4ccccc4)c[nH]2)c1C3. The van der Waals surface area contributed by atoms with E-state index in [1.54, 1.807) is 4.40 Å². The van der Waals surface area contributed by atoms with Gasteiger partial charge in [0.25, 0.3) is 5.56 Å². The van der Waals surface area contributed by atoms with Crippen LogP contribution in [0.3, 0.4) is 0 Å². The smallest absolute Gasteiger partial charge is 0.356 e. The van der Waals surface area contributed by atoms with E-state index in [0.717, 1.165) is 39.5 Å². The third-order valence-electron chi connectivity index (χ3n) is 5.89. The highest BCUT2D eigenvalue weighted by atomic mass is 16.4. The lowest BCUT2D eigenvalue weighted by Gasteiger charge is -2.06. The van der Waals surface area contributed by atoms with Crippen LogP contribution in [-0.4, -0.2) is 35.4 Å². The zero-order chi connectivity index (χ0) is 21.8. The first-order valence-electron chi connectivity index (χ1n) is 10.2. The van der Waals surface area contributed by atoms with Crippen LogP contribution in [0.25, 0.3) is 28.2 Å². The molecule has 32 heavy (non-hydrogen) atoms. The maximum absolute atomic E-state index is 12.6. The Morgan fingerprint density at radius 2 is 1.94 bits per heavy atom. The fourth-order valence-electron chi connectivity index (χ4n) is 4.41. The highest BCUT2D eigenvalue weighted by Gasteiger charge is 2.26. The molecule has 3 N–H and O–H groups in total. The molecule has 5 aromatic rings. The standard InChI is InChI=1S/C24H17N5O3/c30-23-22-27-18(24(31)32)12-29(22)19-10-16-14(7-4-8-15(16)21(19)28-23)9-20-25-11-17(26-20)13-5-2-1-3-6-13/h1-8,11-12H,9-10H2,(H,25,26)(H,28,30)(H,31,32). The van der Waals surface area contributed by atoms with Gasteiger partial charge >= 0.3 is 5.97 Å². The largest absolute Gasteiger partial charge is 0.476 e. The zero-order valence-corrected chi connectivity index (χ0v) is 16.8. The van der Waals surface area contributed by atoms with E-state index >= 15 is 0 Å². The van der Waals surface area contributed by atoms with Crippen molar-refractivity contribution in [3.05, 3.63) is 99.6 Å². The molecule has 0 atom stereocenters. The number of aromatic nitrogens is 5. The Bertz CT molecular complexity index is 1580. The Morgan fingerprint density at radius 1 is 1.09 bits per heavy atom. The molecule has 0 aliphatic heterocycles. The molecule has 3 aromatic heterocycles. The highest BCUT2D eigenvalue weighted by Crippen LogP contribution is 2.37. The lowest BCUT2D eigenvalue weighted by Crippen LogP contribution is -2.13. The van der Waals surface area contributed by atoms with Gasteiger partial charge in [0.05, 0.1) is 17.1 Å². The molecule has 1 aliphatic carbocycles. The number of H-pyrrole nitrogens is 2. The van der Waals surface area contributed by atoms with Gasteiger partial charge in [0.1, 0.15) is 5.82 Å². The number of rotatable bonds is 4. The fourth-order valence-corrected chi connectivity index (χ4v) is 4.41. The molecule has 6 rings (SSSR count). The monoisotopic (exact) mass is 423 g/mol. The molecule has 0 radical (unpaired) electrons. The number of carbonyl (C=O) groups is 1. The molecule has 3 heterocycles. The van der Waals surface area contributed by atoms with Crippen molar-refractivity contribution in [1.82, 2.24) is 24.3 Å². The summed E-state index contributed by atoms with van der Waals surface area (Å²) in [5.41, 5.74) is 6.14. The van der Waals surface area contributed by atoms with E-state index in [2.05, 4.69) is 21.0 Å². The Hall–Kier alpha value is -4.46. The number of aromatic amines is 2. The van der Waals surface area contributed by atoms with E-state index in [9.17, 15) is 14.7 Å². The Labute approximate surface area is 181 Å². The second kappa shape index (κ2) is 6.78. The summed E-state index contributed by atoms with van der Waals surface area (Å²) in [5, 5.41) is 9.29. The van der Waals surface area contributed by atoms with Crippen molar-refractivity contribution < 1.29 is 9.90 Å². The van der Waals surface area contributed by atoms with Crippen LogP contribution in [-0.2, 0) is 12.8 Å². The number of benzene rings is 2. The molecule has 8 nitrogen and oxygen atoms in total. The van der Waals surface area contributed by atoms with Crippen LogP contribution in [0.2, 0.25) is 0 Å². The molecule has 0 fully saturated rings. The Morgan fingerprint density at radius 3 is 2.75 bits per heavy atom. The first-order chi connectivity index (χ1) is 15.6. The average Bonchev–Trinajstić information content (AvgIpc) is 3.52. The summed E-state index contributed by atoms with van der Waals surface area (Å²) in [6.07, 6.45) is 4.50.